The first kappa shape index (κ1) is 12.1. The molecule has 0 aromatic rings. The second-order valence-corrected chi connectivity index (χ2v) is 3.85. The molecule has 13 heavy (non-hydrogen) atoms. The van der Waals surface area contributed by atoms with Crippen molar-refractivity contribution in [3.8, 4) is 0 Å². The quantitative estimate of drug-likeness (QED) is 0.508. The normalized spacial score (nSPS) is 11.1. The Hall–Kier alpha value is -0.900. The summed E-state index contributed by atoms with van der Waals surface area (Å²) in [5.41, 5.74) is 5.16. The van der Waals surface area contributed by atoms with Crippen molar-refractivity contribution in [2.24, 2.45) is 11.1 Å². The smallest absolute Gasteiger partial charge is 0.230 e. The van der Waals surface area contributed by atoms with Gasteiger partial charge in [0.2, 0.25) is 12.3 Å². The Morgan fingerprint density at radius 3 is 2.38 bits per heavy atom. The van der Waals surface area contributed by atoms with Gasteiger partial charge in [-0.3, -0.25) is 14.5 Å². The van der Waals surface area contributed by atoms with Gasteiger partial charge in [0.15, 0.2) is 0 Å². The number of carbonyl (C=O) groups excluding carboxylic acids is 2. The Morgan fingerprint density at radius 1 is 1.54 bits per heavy atom. The number of hydrogen-bond acceptors (Lipinski definition) is 3. The number of imide groups is 1. The molecule has 0 heterocycles. The average Bonchev–Trinajstić information content (AvgIpc) is 2.06. The molecule has 0 spiro atoms. The number of nitrogens with two attached hydrogens (primary N) is 1. The van der Waals surface area contributed by atoms with E-state index in [1.165, 1.54) is 0 Å². The minimum absolute atomic E-state index is 0.0396. The SMILES string of the molecule is CCC(C)(C)CC(=O)N(C=O)CN. The lowest BCUT2D eigenvalue weighted by Gasteiger charge is -2.23. The van der Waals surface area contributed by atoms with Gasteiger partial charge in [-0.25, -0.2) is 0 Å². The van der Waals surface area contributed by atoms with Crippen LogP contribution < -0.4 is 5.73 Å². The predicted octanol–water partition coefficient (Wildman–Crippen LogP) is 0.714. The van der Waals surface area contributed by atoms with Gasteiger partial charge in [-0.05, 0) is 5.41 Å². The van der Waals surface area contributed by atoms with Gasteiger partial charge in [0.25, 0.3) is 0 Å². The van der Waals surface area contributed by atoms with Gasteiger partial charge in [0.05, 0.1) is 6.67 Å². The summed E-state index contributed by atoms with van der Waals surface area (Å²) in [6, 6.07) is 0. The summed E-state index contributed by atoms with van der Waals surface area (Å²) in [5.74, 6) is -0.204. The second kappa shape index (κ2) is 4.97. The number of rotatable bonds is 5. The van der Waals surface area contributed by atoms with Crippen LogP contribution in [0, 0.1) is 5.41 Å². The van der Waals surface area contributed by atoms with E-state index in [1.54, 1.807) is 0 Å². The van der Waals surface area contributed by atoms with Crippen LogP contribution in [-0.2, 0) is 9.59 Å². The molecule has 0 aliphatic heterocycles. The zero-order valence-electron chi connectivity index (χ0n) is 8.54. The molecule has 0 aromatic carbocycles. The minimum atomic E-state index is -0.204. The fourth-order valence-electron chi connectivity index (χ4n) is 0.840. The largest absolute Gasteiger partial charge is 0.313 e. The number of carbonyl (C=O) groups is 2. The van der Waals surface area contributed by atoms with Crippen molar-refractivity contribution in [2.45, 2.75) is 33.6 Å². The van der Waals surface area contributed by atoms with E-state index in [9.17, 15) is 9.59 Å². The molecule has 0 aliphatic rings. The first-order valence-electron chi connectivity index (χ1n) is 4.41. The van der Waals surface area contributed by atoms with Gasteiger partial charge in [-0.15, -0.1) is 0 Å². The predicted molar refractivity (Wildman–Crippen MR) is 50.7 cm³/mol. The highest BCUT2D eigenvalue weighted by atomic mass is 16.2. The lowest BCUT2D eigenvalue weighted by Crippen LogP contribution is -2.37. The summed E-state index contributed by atoms with van der Waals surface area (Å²) in [7, 11) is 0. The van der Waals surface area contributed by atoms with E-state index >= 15 is 0 Å². The van der Waals surface area contributed by atoms with Crippen LogP contribution in [0.5, 0.6) is 0 Å². The average molecular weight is 186 g/mol. The summed E-state index contributed by atoms with van der Waals surface area (Å²) in [6.07, 6.45) is 1.74. The highest BCUT2D eigenvalue weighted by Crippen LogP contribution is 2.24. The van der Waals surface area contributed by atoms with Crippen LogP contribution in [0.15, 0.2) is 0 Å². The van der Waals surface area contributed by atoms with E-state index in [4.69, 9.17) is 5.73 Å². The van der Waals surface area contributed by atoms with Gasteiger partial charge in [0, 0.05) is 6.42 Å². The van der Waals surface area contributed by atoms with Crippen molar-refractivity contribution in [3.05, 3.63) is 0 Å². The molecule has 0 bridgehead atoms. The van der Waals surface area contributed by atoms with Crippen LogP contribution in [0.4, 0.5) is 0 Å². The fraction of sp³-hybridized carbons (Fsp3) is 0.778. The zero-order chi connectivity index (χ0) is 10.5. The van der Waals surface area contributed by atoms with E-state index < -0.39 is 0 Å². The molecule has 0 unspecified atom stereocenters. The Labute approximate surface area is 79.1 Å². The molecule has 0 aliphatic carbocycles. The highest BCUT2D eigenvalue weighted by molar-refractivity contribution is 5.86. The second-order valence-electron chi connectivity index (χ2n) is 3.85. The lowest BCUT2D eigenvalue weighted by molar-refractivity contribution is -0.139. The third-order valence-corrected chi connectivity index (χ3v) is 2.23. The molecule has 0 aromatic heterocycles. The Bertz CT molecular complexity index is 190. The highest BCUT2D eigenvalue weighted by Gasteiger charge is 2.22. The van der Waals surface area contributed by atoms with Crippen LogP contribution >= 0.6 is 0 Å². The van der Waals surface area contributed by atoms with E-state index in [0.29, 0.717) is 12.8 Å². The number of amides is 2. The minimum Gasteiger partial charge on any atom is -0.313 e. The van der Waals surface area contributed by atoms with Gasteiger partial charge < -0.3 is 5.73 Å². The summed E-state index contributed by atoms with van der Waals surface area (Å²) in [4.78, 5) is 22.8. The monoisotopic (exact) mass is 186 g/mol. The Morgan fingerprint density at radius 2 is 2.08 bits per heavy atom. The number of nitrogens with zero attached hydrogens (tertiary/aromatic N) is 1. The van der Waals surface area contributed by atoms with Crippen LogP contribution in [0.2, 0.25) is 0 Å². The van der Waals surface area contributed by atoms with Crippen molar-refractivity contribution in [1.82, 2.24) is 4.90 Å². The molecule has 2 N–H and O–H groups in total. The maximum Gasteiger partial charge on any atom is 0.230 e. The maximum atomic E-state index is 11.4. The summed E-state index contributed by atoms with van der Waals surface area (Å²) in [5, 5.41) is 0. The summed E-state index contributed by atoms with van der Waals surface area (Å²) < 4.78 is 0. The van der Waals surface area contributed by atoms with Crippen LogP contribution in [0.3, 0.4) is 0 Å². The first-order chi connectivity index (χ1) is 5.96. The lowest BCUT2D eigenvalue weighted by atomic mass is 9.86. The van der Waals surface area contributed by atoms with Crippen LogP contribution in [0.1, 0.15) is 33.6 Å². The van der Waals surface area contributed by atoms with Gasteiger partial charge in [-0.1, -0.05) is 27.2 Å². The zero-order valence-corrected chi connectivity index (χ0v) is 8.54. The summed E-state index contributed by atoms with van der Waals surface area (Å²) in [6.45, 7) is 5.96. The van der Waals surface area contributed by atoms with E-state index in [-0.39, 0.29) is 18.0 Å². The van der Waals surface area contributed by atoms with E-state index in [1.807, 2.05) is 20.8 Å². The molecule has 0 rings (SSSR count). The van der Waals surface area contributed by atoms with E-state index in [0.717, 1.165) is 11.3 Å². The van der Waals surface area contributed by atoms with Crippen molar-refractivity contribution >= 4 is 12.3 Å². The third-order valence-electron chi connectivity index (χ3n) is 2.23. The summed E-state index contributed by atoms with van der Waals surface area (Å²) >= 11 is 0. The molecule has 4 heteroatoms. The van der Waals surface area contributed by atoms with Gasteiger partial charge >= 0.3 is 0 Å². The molecule has 4 nitrogen and oxygen atoms in total. The van der Waals surface area contributed by atoms with Crippen LogP contribution in [-0.4, -0.2) is 23.9 Å². The molecule has 0 radical (unpaired) electrons. The molecule has 2 amide bonds. The van der Waals surface area contributed by atoms with Crippen molar-refractivity contribution in [2.75, 3.05) is 6.67 Å². The maximum absolute atomic E-state index is 11.4. The Balaban J connectivity index is 4.20. The molecular weight excluding hydrogens is 168 g/mol. The Kier molecular flexibility index (Phi) is 4.62. The molecule has 0 saturated heterocycles. The first-order valence-corrected chi connectivity index (χ1v) is 4.41. The van der Waals surface area contributed by atoms with Gasteiger partial charge in [-0.2, -0.15) is 0 Å². The van der Waals surface area contributed by atoms with Crippen molar-refractivity contribution in [1.29, 1.82) is 0 Å². The van der Waals surface area contributed by atoms with Crippen molar-refractivity contribution < 1.29 is 9.59 Å². The van der Waals surface area contributed by atoms with Crippen LogP contribution in [0.25, 0.3) is 0 Å². The van der Waals surface area contributed by atoms with Crippen molar-refractivity contribution in [3.63, 3.8) is 0 Å². The third kappa shape index (κ3) is 4.03. The molecule has 0 atom stereocenters. The fourth-order valence-corrected chi connectivity index (χ4v) is 0.840. The van der Waals surface area contributed by atoms with E-state index in [2.05, 4.69) is 0 Å². The molecule has 0 fully saturated rings. The topological polar surface area (TPSA) is 63.4 Å². The standard InChI is InChI=1S/C9H18N2O2/c1-4-9(2,3)5-8(13)11(6-10)7-12/h7H,4-6,10H2,1-3H3. The molecule has 0 saturated carbocycles. The number of hydrogen-bond donors (Lipinski definition) is 1. The molecule has 76 valence electrons. The molecular formula is C9H18N2O2. The van der Waals surface area contributed by atoms with Gasteiger partial charge in [0.1, 0.15) is 0 Å².